The van der Waals surface area contributed by atoms with Gasteiger partial charge in [0.1, 0.15) is 5.82 Å². The number of aromatic nitrogens is 2. The van der Waals surface area contributed by atoms with Gasteiger partial charge < -0.3 is 10.6 Å². The fourth-order valence-corrected chi connectivity index (χ4v) is 2.50. The zero-order valence-corrected chi connectivity index (χ0v) is 15.2. The molecule has 0 fully saturated rings. The molecule has 2 heterocycles. The Kier molecular flexibility index (Phi) is 5.40. The second-order valence-electron chi connectivity index (χ2n) is 5.57. The molecule has 2 aromatic heterocycles. The van der Waals surface area contributed by atoms with Gasteiger partial charge in [0.05, 0.1) is 5.56 Å². The first-order valence-electron chi connectivity index (χ1n) is 7.78. The lowest BCUT2D eigenvalue weighted by Gasteiger charge is -2.08. The number of halogens is 1. The summed E-state index contributed by atoms with van der Waals surface area (Å²) in [4.78, 5) is 20.7. The first-order chi connectivity index (χ1) is 12.1. The smallest absolute Gasteiger partial charge is 0.257 e. The number of amides is 1. The zero-order valence-electron chi connectivity index (χ0n) is 13.7. The molecule has 0 saturated carbocycles. The van der Waals surface area contributed by atoms with E-state index in [1.807, 2.05) is 37.3 Å². The third-order valence-corrected chi connectivity index (χ3v) is 4.53. The number of rotatable bonds is 5. The first-order valence-corrected chi connectivity index (χ1v) is 8.57. The van der Waals surface area contributed by atoms with Gasteiger partial charge in [0, 0.05) is 35.3 Å². The summed E-state index contributed by atoms with van der Waals surface area (Å²) in [6.45, 7) is 2.61. The molecule has 3 aromatic rings. The molecule has 25 heavy (non-hydrogen) atoms. The topological polar surface area (TPSA) is 66.9 Å². The van der Waals surface area contributed by atoms with Crippen LogP contribution in [0.5, 0.6) is 0 Å². The van der Waals surface area contributed by atoms with Gasteiger partial charge >= 0.3 is 0 Å². The van der Waals surface area contributed by atoms with Crippen LogP contribution in [0.4, 0.5) is 11.5 Å². The minimum absolute atomic E-state index is 0.187. The Morgan fingerprint density at radius 2 is 2.04 bits per heavy atom. The summed E-state index contributed by atoms with van der Waals surface area (Å²) in [5.74, 6) is 0.521. The fraction of sp³-hybridized carbons (Fsp3) is 0.105. The molecule has 3 rings (SSSR count). The molecular formula is C19H17BrN4O. The predicted octanol–water partition coefficient (Wildman–Crippen LogP) is 4.41. The second kappa shape index (κ2) is 7.90. The molecule has 0 aliphatic rings. The van der Waals surface area contributed by atoms with Gasteiger partial charge in [0.25, 0.3) is 5.91 Å². The number of nitrogens with one attached hydrogen (secondary N) is 2. The highest BCUT2D eigenvalue weighted by atomic mass is 79.9. The number of nitrogens with zero attached hydrogens (tertiary/aromatic N) is 2. The van der Waals surface area contributed by atoms with Gasteiger partial charge in [-0.15, -0.1) is 0 Å². The van der Waals surface area contributed by atoms with Crippen LogP contribution in [0.2, 0.25) is 0 Å². The third kappa shape index (κ3) is 4.64. The van der Waals surface area contributed by atoms with Crippen molar-refractivity contribution < 1.29 is 4.79 Å². The normalized spacial score (nSPS) is 10.3. The van der Waals surface area contributed by atoms with Gasteiger partial charge in [-0.1, -0.05) is 22.0 Å². The summed E-state index contributed by atoms with van der Waals surface area (Å²) in [6.07, 6.45) is 5.10. The van der Waals surface area contributed by atoms with Crippen LogP contribution in [0, 0.1) is 6.92 Å². The summed E-state index contributed by atoms with van der Waals surface area (Å²) < 4.78 is 1.01. The van der Waals surface area contributed by atoms with Gasteiger partial charge in [0.2, 0.25) is 0 Å². The van der Waals surface area contributed by atoms with Crippen molar-refractivity contribution in [3.8, 4) is 0 Å². The van der Waals surface area contributed by atoms with E-state index in [4.69, 9.17) is 0 Å². The average molecular weight is 397 g/mol. The van der Waals surface area contributed by atoms with Crippen LogP contribution in [-0.4, -0.2) is 15.9 Å². The van der Waals surface area contributed by atoms with Crippen molar-refractivity contribution in [2.45, 2.75) is 13.5 Å². The molecule has 2 N–H and O–H groups in total. The summed E-state index contributed by atoms with van der Waals surface area (Å²) in [6, 6.07) is 13.1. The molecule has 6 heteroatoms. The Balaban J connectivity index is 1.61. The largest absolute Gasteiger partial charge is 0.366 e. The molecule has 0 bridgehead atoms. The second-order valence-corrected chi connectivity index (χ2v) is 6.42. The number of aryl methyl sites for hydroxylation is 1. The SMILES string of the molecule is Cc1cc(NC(=O)c2ccc(NCc3cccnc3)nc2)ccc1Br. The summed E-state index contributed by atoms with van der Waals surface area (Å²) in [5.41, 5.74) is 3.39. The van der Waals surface area contributed by atoms with Gasteiger partial charge in [-0.3, -0.25) is 9.78 Å². The van der Waals surface area contributed by atoms with Crippen LogP contribution in [-0.2, 0) is 6.54 Å². The molecule has 0 radical (unpaired) electrons. The van der Waals surface area contributed by atoms with Crippen molar-refractivity contribution >= 4 is 33.3 Å². The van der Waals surface area contributed by atoms with Crippen LogP contribution in [0.3, 0.4) is 0 Å². The van der Waals surface area contributed by atoms with Crippen LogP contribution in [0.1, 0.15) is 21.5 Å². The van der Waals surface area contributed by atoms with Crippen LogP contribution in [0.15, 0.2) is 65.5 Å². The number of carbonyl (C=O) groups is 1. The maximum Gasteiger partial charge on any atom is 0.257 e. The van der Waals surface area contributed by atoms with E-state index in [0.29, 0.717) is 17.9 Å². The first kappa shape index (κ1) is 17.1. The van der Waals surface area contributed by atoms with Crippen LogP contribution < -0.4 is 10.6 Å². The van der Waals surface area contributed by atoms with Crippen LogP contribution in [0.25, 0.3) is 0 Å². The van der Waals surface area contributed by atoms with E-state index < -0.39 is 0 Å². The number of pyridine rings is 2. The number of benzene rings is 1. The Bertz CT molecular complexity index is 866. The quantitative estimate of drug-likeness (QED) is 0.669. The lowest BCUT2D eigenvalue weighted by Crippen LogP contribution is -2.12. The van der Waals surface area contributed by atoms with E-state index in [1.165, 1.54) is 0 Å². The average Bonchev–Trinajstić information content (AvgIpc) is 2.64. The highest BCUT2D eigenvalue weighted by Crippen LogP contribution is 2.20. The van der Waals surface area contributed by atoms with E-state index in [1.54, 1.807) is 30.7 Å². The molecule has 1 amide bonds. The molecule has 0 aliphatic heterocycles. The van der Waals surface area contributed by atoms with E-state index in [9.17, 15) is 4.79 Å². The standard InChI is InChI=1S/C19H17BrN4O/c1-13-9-16(5-6-17(13)20)24-19(25)15-4-7-18(23-12-15)22-11-14-3-2-8-21-10-14/h2-10,12H,11H2,1H3,(H,22,23)(H,24,25). The van der Waals surface area contributed by atoms with Crippen molar-refractivity contribution in [1.29, 1.82) is 0 Å². The maximum atomic E-state index is 12.3. The zero-order chi connectivity index (χ0) is 17.6. The maximum absolute atomic E-state index is 12.3. The molecule has 1 aromatic carbocycles. The lowest BCUT2D eigenvalue weighted by atomic mass is 10.2. The summed E-state index contributed by atoms with van der Waals surface area (Å²) in [7, 11) is 0. The summed E-state index contributed by atoms with van der Waals surface area (Å²) in [5, 5.41) is 6.08. The highest BCUT2D eigenvalue weighted by molar-refractivity contribution is 9.10. The Labute approximate surface area is 154 Å². The fourth-order valence-electron chi connectivity index (χ4n) is 2.25. The van der Waals surface area contributed by atoms with Crippen molar-refractivity contribution in [3.63, 3.8) is 0 Å². The number of hydrogen-bond donors (Lipinski definition) is 2. The van der Waals surface area contributed by atoms with E-state index in [0.717, 1.165) is 21.3 Å². The minimum Gasteiger partial charge on any atom is -0.366 e. The van der Waals surface area contributed by atoms with Gasteiger partial charge in [-0.05, 0) is 54.4 Å². The Morgan fingerprint density at radius 3 is 2.72 bits per heavy atom. The number of hydrogen-bond acceptors (Lipinski definition) is 4. The van der Waals surface area contributed by atoms with Crippen molar-refractivity contribution in [3.05, 3.63) is 82.2 Å². The van der Waals surface area contributed by atoms with Crippen LogP contribution >= 0.6 is 15.9 Å². The van der Waals surface area contributed by atoms with Gasteiger partial charge in [-0.2, -0.15) is 0 Å². The Morgan fingerprint density at radius 1 is 1.16 bits per heavy atom. The molecule has 0 aliphatic carbocycles. The van der Waals surface area contributed by atoms with Gasteiger partial charge in [-0.25, -0.2) is 4.98 Å². The van der Waals surface area contributed by atoms with Crippen molar-refractivity contribution in [1.82, 2.24) is 9.97 Å². The highest BCUT2D eigenvalue weighted by Gasteiger charge is 2.07. The third-order valence-electron chi connectivity index (χ3n) is 3.64. The molecule has 0 atom stereocenters. The lowest BCUT2D eigenvalue weighted by molar-refractivity contribution is 0.102. The van der Waals surface area contributed by atoms with Gasteiger partial charge in [0.15, 0.2) is 0 Å². The number of carbonyl (C=O) groups excluding carboxylic acids is 1. The Hall–Kier alpha value is -2.73. The predicted molar refractivity (Wildman–Crippen MR) is 103 cm³/mol. The molecule has 0 spiro atoms. The van der Waals surface area contributed by atoms with E-state index in [-0.39, 0.29) is 5.91 Å². The minimum atomic E-state index is -0.187. The molecular weight excluding hydrogens is 380 g/mol. The molecule has 126 valence electrons. The van der Waals surface area contributed by atoms with Crippen molar-refractivity contribution in [2.75, 3.05) is 10.6 Å². The molecule has 0 saturated heterocycles. The number of anilines is 2. The monoisotopic (exact) mass is 396 g/mol. The molecule has 5 nitrogen and oxygen atoms in total. The molecule has 0 unspecified atom stereocenters. The summed E-state index contributed by atoms with van der Waals surface area (Å²) >= 11 is 3.45. The van der Waals surface area contributed by atoms with E-state index >= 15 is 0 Å². The van der Waals surface area contributed by atoms with E-state index in [2.05, 4.69) is 36.5 Å². The van der Waals surface area contributed by atoms with Crippen molar-refractivity contribution in [2.24, 2.45) is 0 Å².